The first-order chi connectivity index (χ1) is 16.9. The maximum atomic E-state index is 13.4. The molecule has 0 aliphatic heterocycles. The number of ether oxygens (including phenoxy) is 1. The number of hydrogen-bond acceptors (Lipinski definition) is 5. The van der Waals surface area contributed by atoms with Crippen LogP contribution in [0.15, 0.2) is 71.5 Å². The highest BCUT2D eigenvalue weighted by atomic mass is 19.1. The van der Waals surface area contributed by atoms with Gasteiger partial charge in [-0.3, -0.25) is 14.2 Å². The Bertz CT molecular complexity index is 1460. The highest BCUT2D eigenvalue weighted by Crippen LogP contribution is 2.22. The highest BCUT2D eigenvalue weighted by Gasteiger charge is 2.14. The van der Waals surface area contributed by atoms with E-state index in [-0.39, 0.29) is 30.3 Å². The fraction of sp³-hybridized carbons (Fsp3) is 0.154. The molecule has 0 atom stereocenters. The maximum absolute atomic E-state index is 13.4. The summed E-state index contributed by atoms with van der Waals surface area (Å²) in [5.74, 6) is -0.105. The van der Waals surface area contributed by atoms with E-state index in [0.717, 1.165) is 0 Å². The molecule has 0 bridgehead atoms. The number of benzene rings is 3. The molecular weight excluding hydrogens is 451 g/mol. The van der Waals surface area contributed by atoms with Crippen LogP contribution in [0.5, 0.6) is 0 Å². The number of fused-ring (bicyclic) bond motifs is 1. The zero-order chi connectivity index (χ0) is 24.9. The van der Waals surface area contributed by atoms with E-state index in [9.17, 15) is 18.8 Å². The Morgan fingerprint density at radius 2 is 1.71 bits per heavy atom. The predicted octanol–water partition coefficient (Wildman–Crippen LogP) is 4.70. The molecule has 4 aromatic rings. The van der Waals surface area contributed by atoms with E-state index in [1.165, 1.54) is 30.7 Å². The topological polar surface area (TPSA) is 102 Å². The number of rotatable bonds is 7. The summed E-state index contributed by atoms with van der Waals surface area (Å²) >= 11 is 0. The number of nitrogens with one attached hydrogen (secondary N) is 2. The molecule has 178 valence electrons. The van der Waals surface area contributed by atoms with Crippen LogP contribution in [-0.4, -0.2) is 35.1 Å². The normalized spacial score (nSPS) is 10.8. The molecule has 8 nitrogen and oxygen atoms in total. The number of aromatic nitrogens is 2. The lowest BCUT2D eigenvalue weighted by Gasteiger charge is -2.14. The number of anilines is 2. The van der Waals surface area contributed by atoms with Crippen LogP contribution in [0.3, 0.4) is 0 Å². The molecule has 1 aromatic heterocycles. The number of nitrogens with zero attached hydrogens (tertiary/aromatic N) is 2. The van der Waals surface area contributed by atoms with Gasteiger partial charge in [0.2, 0.25) is 0 Å². The van der Waals surface area contributed by atoms with Crippen molar-refractivity contribution in [2.75, 3.05) is 24.4 Å². The van der Waals surface area contributed by atoms with Crippen molar-refractivity contribution in [2.45, 2.75) is 13.5 Å². The van der Waals surface area contributed by atoms with Crippen LogP contribution < -0.4 is 16.2 Å². The molecule has 0 saturated heterocycles. The van der Waals surface area contributed by atoms with Gasteiger partial charge in [0.05, 0.1) is 24.1 Å². The number of methoxy groups -OCH3 is 1. The van der Waals surface area contributed by atoms with Crippen LogP contribution in [0.25, 0.3) is 22.3 Å². The Morgan fingerprint density at radius 3 is 2.40 bits per heavy atom. The molecule has 4 rings (SSSR count). The van der Waals surface area contributed by atoms with Crippen LogP contribution in [0.4, 0.5) is 20.6 Å². The van der Waals surface area contributed by atoms with Gasteiger partial charge in [0.25, 0.3) is 5.56 Å². The molecule has 9 heteroatoms. The second-order valence-corrected chi connectivity index (χ2v) is 7.84. The van der Waals surface area contributed by atoms with Gasteiger partial charge in [0.15, 0.2) is 5.78 Å². The van der Waals surface area contributed by atoms with Gasteiger partial charge < -0.3 is 15.4 Å². The number of Topliss-reactive ketones (excluding diaryl/α,β-unsaturated/α-hetero) is 1. The van der Waals surface area contributed by atoms with E-state index in [1.54, 1.807) is 54.6 Å². The molecule has 0 spiro atoms. The zero-order valence-electron chi connectivity index (χ0n) is 19.2. The van der Waals surface area contributed by atoms with Gasteiger partial charge in [-0.15, -0.1) is 0 Å². The molecule has 2 amide bonds. The largest absolute Gasteiger partial charge is 0.383 e. The smallest absolute Gasteiger partial charge is 0.323 e. The third-order valence-electron chi connectivity index (χ3n) is 5.36. The molecule has 0 aliphatic rings. The maximum Gasteiger partial charge on any atom is 0.323 e. The van der Waals surface area contributed by atoms with Crippen molar-refractivity contribution in [3.63, 3.8) is 0 Å². The lowest BCUT2D eigenvalue weighted by Crippen LogP contribution is -2.26. The fourth-order valence-corrected chi connectivity index (χ4v) is 3.62. The average Bonchev–Trinajstić information content (AvgIpc) is 2.84. The van der Waals surface area contributed by atoms with Gasteiger partial charge in [0, 0.05) is 29.6 Å². The summed E-state index contributed by atoms with van der Waals surface area (Å²) in [7, 11) is 1.53. The number of amides is 2. The molecule has 2 N–H and O–H groups in total. The van der Waals surface area contributed by atoms with Gasteiger partial charge in [-0.2, -0.15) is 0 Å². The van der Waals surface area contributed by atoms with E-state index < -0.39 is 6.03 Å². The van der Waals surface area contributed by atoms with Crippen molar-refractivity contribution in [2.24, 2.45) is 0 Å². The number of urea groups is 1. The van der Waals surface area contributed by atoms with E-state index in [4.69, 9.17) is 4.74 Å². The van der Waals surface area contributed by atoms with Gasteiger partial charge >= 0.3 is 6.03 Å². The van der Waals surface area contributed by atoms with E-state index in [1.807, 2.05) is 0 Å². The Kier molecular flexibility index (Phi) is 6.98. The summed E-state index contributed by atoms with van der Waals surface area (Å²) in [5, 5.41) is 5.68. The third-order valence-corrected chi connectivity index (χ3v) is 5.36. The summed E-state index contributed by atoms with van der Waals surface area (Å²) in [4.78, 5) is 42.1. The third kappa shape index (κ3) is 5.42. The van der Waals surface area contributed by atoms with Crippen molar-refractivity contribution in [1.29, 1.82) is 0 Å². The number of carbonyl (C=O) groups is 2. The van der Waals surface area contributed by atoms with Crippen LogP contribution >= 0.6 is 0 Å². The van der Waals surface area contributed by atoms with Crippen molar-refractivity contribution < 1.29 is 18.7 Å². The van der Waals surface area contributed by atoms with Crippen LogP contribution in [0, 0.1) is 5.82 Å². The van der Waals surface area contributed by atoms with E-state index >= 15 is 0 Å². The molecular formula is C26H23FN4O4. The van der Waals surface area contributed by atoms with Gasteiger partial charge in [-0.25, -0.2) is 14.2 Å². The molecule has 35 heavy (non-hydrogen) atoms. The molecule has 3 aromatic carbocycles. The van der Waals surface area contributed by atoms with Gasteiger partial charge in [0.1, 0.15) is 11.6 Å². The number of ketones is 1. The Labute approximate surface area is 200 Å². The average molecular weight is 474 g/mol. The summed E-state index contributed by atoms with van der Waals surface area (Å²) < 4.78 is 20.0. The number of halogens is 1. The van der Waals surface area contributed by atoms with Crippen LogP contribution in [-0.2, 0) is 11.3 Å². The standard InChI is InChI=1S/C26H23FN4O4/c1-16(32)18-4-3-5-20(14-18)28-26(34)29-21-10-11-23-22(15-21)25(33)31(12-13-35-2)24(30-23)17-6-8-19(27)9-7-17/h3-11,14-15H,12-13H2,1-2H3,(H2,28,29,34). The SMILES string of the molecule is COCCn1c(-c2ccc(F)cc2)nc2ccc(NC(=O)Nc3cccc(C(C)=O)c3)cc2c1=O. The molecule has 0 aliphatic carbocycles. The molecule has 0 saturated carbocycles. The lowest BCUT2D eigenvalue weighted by atomic mass is 10.1. The van der Waals surface area contributed by atoms with Crippen molar-refractivity contribution in [3.05, 3.63) is 88.5 Å². The van der Waals surface area contributed by atoms with Crippen molar-refractivity contribution >= 4 is 34.1 Å². The van der Waals surface area contributed by atoms with E-state index in [2.05, 4.69) is 15.6 Å². The quantitative estimate of drug-likeness (QED) is 0.378. The molecule has 1 heterocycles. The minimum atomic E-state index is -0.527. The number of carbonyl (C=O) groups excluding carboxylic acids is 2. The van der Waals surface area contributed by atoms with Gasteiger partial charge in [-0.1, -0.05) is 12.1 Å². The lowest BCUT2D eigenvalue weighted by molar-refractivity contribution is 0.101. The number of hydrogen-bond donors (Lipinski definition) is 2. The monoisotopic (exact) mass is 474 g/mol. The summed E-state index contributed by atoms with van der Waals surface area (Å²) in [5.41, 5.74) is 2.05. The van der Waals surface area contributed by atoms with Gasteiger partial charge in [-0.05, 0) is 61.5 Å². The Hall–Kier alpha value is -4.37. The minimum absolute atomic E-state index is 0.110. The van der Waals surface area contributed by atoms with Crippen molar-refractivity contribution in [3.8, 4) is 11.4 Å². The minimum Gasteiger partial charge on any atom is -0.383 e. The highest BCUT2D eigenvalue weighted by molar-refractivity contribution is 6.02. The molecule has 0 radical (unpaired) electrons. The first kappa shape index (κ1) is 23.8. The fourth-order valence-electron chi connectivity index (χ4n) is 3.62. The Morgan fingerprint density at radius 1 is 1.00 bits per heavy atom. The first-order valence-corrected chi connectivity index (χ1v) is 10.8. The predicted molar refractivity (Wildman–Crippen MR) is 132 cm³/mol. The van der Waals surface area contributed by atoms with E-state index in [0.29, 0.717) is 39.2 Å². The second kappa shape index (κ2) is 10.3. The Balaban J connectivity index is 1.65. The molecule has 0 unspecified atom stereocenters. The second-order valence-electron chi connectivity index (χ2n) is 7.84. The van der Waals surface area contributed by atoms with Crippen LogP contribution in [0.2, 0.25) is 0 Å². The first-order valence-electron chi connectivity index (χ1n) is 10.8. The summed E-state index contributed by atoms with van der Waals surface area (Å²) in [6, 6.07) is 16.6. The van der Waals surface area contributed by atoms with Crippen molar-refractivity contribution in [1.82, 2.24) is 9.55 Å². The summed E-state index contributed by atoms with van der Waals surface area (Å²) in [6.07, 6.45) is 0. The molecule has 0 fully saturated rings. The zero-order valence-corrected chi connectivity index (χ0v) is 19.2. The van der Waals surface area contributed by atoms with Crippen LogP contribution in [0.1, 0.15) is 17.3 Å². The summed E-state index contributed by atoms with van der Waals surface area (Å²) in [6.45, 7) is 1.97.